The highest BCUT2D eigenvalue weighted by Crippen LogP contribution is 2.36. The summed E-state index contributed by atoms with van der Waals surface area (Å²) in [6.07, 6.45) is -10.3. The molecule has 0 spiro atoms. The van der Waals surface area contributed by atoms with Crippen molar-refractivity contribution < 1.29 is 31.2 Å². The molecule has 0 N–H and O–H groups in total. The van der Waals surface area contributed by atoms with Crippen molar-refractivity contribution in [3.05, 3.63) is 15.9 Å². The first kappa shape index (κ1) is 14.3. The average molecular weight is 366 g/mol. The van der Waals surface area contributed by atoms with Crippen LogP contribution < -0.4 is 0 Å². The molecule has 0 bridgehead atoms. The third-order valence-corrected chi connectivity index (χ3v) is 3.15. The Kier molecular flexibility index (Phi) is 3.57. The van der Waals surface area contributed by atoms with Crippen LogP contribution >= 0.6 is 27.5 Å². The summed E-state index contributed by atoms with van der Waals surface area (Å²) in [4.78, 5) is 3.15. The molecular formula is C7HBrF5N3O2S. The van der Waals surface area contributed by atoms with E-state index in [0.717, 1.165) is 11.5 Å². The second-order valence-corrected chi connectivity index (χ2v) is 4.39. The molecule has 2 rings (SSSR count). The maximum Gasteiger partial charge on any atom is 0.527 e. The fraction of sp³-hybridized carbons (Fsp3) is 0.286. The number of ether oxygens (including phenoxy) is 1. The number of nitrogens with zero attached hydrogens (tertiary/aromatic N) is 3. The van der Waals surface area contributed by atoms with Gasteiger partial charge in [0.1, 0.15) is 4.60 Å². The van der Waals surface area contributed by atoms with Crippen LogP contribution in [0.5, 0.6) is 0 Å². The zero-order valence-electron chi connectivity index (χ0n) is 8.41. The molecule has 2 aromatic heterocycles. The van der Waals surface area contributed by atoms with E-state index >= 15 is 0 Å². The van der Waals surface area contributed by atoms with Crippen molar-refractivity contribution in [3.8, 4) is 11.4 Å². The molecule has 12 heteroatoms. The minimum absolute atomic E-state index is 0.211. The Morgan fingerprint density at radius 2 is 1.95 bits per heavy atom. The van der Waals surface area contributed by atoms with Crippen LogP contribution in [-0.2, 0) is 10.8 Å². The number of rotatable bonds is 3. The molecule has 0 radical (unpaired) electrons. The SMILES string of the molecule is FC(F)(F)OC(F)(F)c1nc(-c2csnc2Br)no1. The predicted molar refractivity (Wildman–Crippen MR) is 54.1 cm³/mol. The third kappa shape index (κ3) is 3.25. The Balaban J connectivity index is 2.29. The van der Waals surface area contributed by atoms with Crippen molar-refractivity contribution in [1.29, 1.82) is 0 Å². The molecule has 0 aliphatic rings. The zero-order chi connectivity index (χ0) is 14.3. The smallest absolute Gasteiger partial charge is 0.329 e. The van der Waals surface area contributed by atoms with Crippen molar-refractivity contribution >= 4 is 27.5 Å². The van der Waals surface area contributed by atoms with Crippen LogP contribution in [0.15, 0.2) is 14.5 Å². The molecule has 0 saturated heterocycles. The number of alkyl halides is 5. The molecule has 2 heterocycles. The second kappa shape index (κ2) is 4.76. The molecule has 2 aromatic rings. The zero-order valence-corrected chi connectivity index (χ0v) is 10.8. The van der Waals surface area contributed by atoms with Crippen molar-refractivity contribution in [2.24, 2.45) is 0 Å². The number of hydrogen-bond donors (Lipinski definition) is 0. The lowest BCUT2D eigenvalue weighted by atomic mass is 10.3. The first-order chi connectivity index (χ1) is 8.69. The highest BCUT2D eigenvalue weighted by atomic mass is 79.9. The quantitative estimate of drug-likeness (QED) is 0.778. The van der Waals surface area contributed by atoms with Gasteiger partial charge >= 0.3 is 18.4 Å². The van der Waals surface area contributed by atoms with Crippen molar-refractivity contribution in [3.63, 3.8) is 0 Å². The van der Waals surface area contributed by atoms with Crippen LogP contribution in [0.3, 0.4) is 0 Å². The normalized spacial score (nSPS) is 12.9. The summed E-state index contributed by atoms with van der Waals surface area (Å²) in [5.41, 5.74) is 0.211. The monoisotopic (exact) mass is 365 g/mol. The summed E-state index contributed by atoms with van der Waals surface area (Å²) in [5, 5.41) is 4.54. The fourth-order valence-corrected chi connectivity index (χ4v) is 2.27. The van der Waals surface area contributed by atoms with Gasteiger partial charge in [-0.25, -0.2) is 4.74 Å². The molecule has 0 aliphatic heterocycles. The summed E-state index contributed by atoms with van der Waals surface area (Å²) in [6.45, 7) is 0. The predicted octanol–water partition coefficient (Wildman–Crippen LogP) is 3.54. The fourth-order valence-electron chi connectivity index (χ4n) is 1.01. The summed E-state index contributed by atoms with van der Waals surface area (Å²) >= 11 is 3.96. The van der Waals surface area contributed by atoms with Gasteiger partial charge in [0, 0.05) is 5.38 Å². The number of hydrogen-bond acceptors (Lipinski definition) is 6. The lowest BCUT2D eigenvalue weighted by Gasteiger charge is -2.13. The second-order valence-electron chi connectivity index (χ2n) is 3.01. The Morgan fingerprint density at radius 1 is 1.26 bits per heavy atom. The van der Waals surface area contributed by atoms with Crippen LogP contribution in [0, 0.1) is 0 Å². The van der Waals surface area contributed by atoms with Crippen molar-refractivity contribution in [1.82, 2.24) is 14.5 Å². The summed E-state index contributed by atoms with van der Waals surface area (Å²) < 4.78 is 72.1. The van der Waals surface area contributed by atoms with Gasteiger partial charge in [-0.05, 0) is 27.5 Å². The molecule has 0 fully saturated rings. The topological polar surface area (TPSA) is 61.0 Å². The lowest BCUT2D eigenvalue weighted by Crippen LogP contribution is -2.28. The van der Waals surface area contributed by atoms with E-state index in [0.29, 0.717) is 0 Å². The van der Waals surface area contributed by atoms with E-state index in [1.807, 2.05) is 0 Å². The van der Waals surface area contributed by atoms with Crippen LogP contribution in [0.1, 0.15) is 5.89 Å². The van der Waals surface area contributed by atoms with Crippen LogP contribution in [0.25, 0.3) is 11.4 Å². The minimum atomic E-state index is -5.54. The van der Waals surface area contributed by atoms with Gasteiger partial charge in [-0.3, -0.25) is 0 Å². The standard InChI is InChI=1S/C7HBrF5N3O2S/c8-3-2(1-19-16-3)4-14-5(17-15-4)6(9,10)18-7(11,12)13/h1H. The first-order valence-corrected chi connectivity index (χ1v) is 5.91. The summed E-state index contributed by atoms with van der Waals surface area (Å²) in [6, 6.07) is 0. The third-order valence-electron chi connectivity index (χ3n) is 1.69. The maximum atomic E-state index is 13.0. The molecular weight excluding hydrogens is 365 g/mol. The molecule has 19 heavy (non-hydrogen) atoms. The van der Waals surface area contributed by atoms with Crippen LogP contribution in [0.2, 0.25) is 0 Å². The van der Waals surface area contributed by atoms with Gasteiger partial charge in [0.25, 0.3) is 0 Å². The van der Waals surface area contributed by atoms with E-state index < -0.39 is 18.4 Å². The van der Waals surface area contributed by atoms with Crippen molar-refractivity contribution in [2.75, 3.05) is 0 Å². The van der Waals surface area contributed by atoms with Gasteiger partial charge in [0.15, 0.2) is 0 Å². The highest BCUT2D eigenvalue weighted by Gasteiger charge is 2.50. The van der Waals surface area contributed by atoms with Gasteiger partial charge in [-0.1, -0.05) is 5.16 Å². The molecule has 0 aliphatic carbocycles. The maximum absolute atomic E-state index is 13.0. The van der Waals surface area contributed by atoms with E-state index in [1.54, 1.807) is 0 Å². The van der Waals surface area contributed by atoms with E-state index in [4.69, 9.17) is 0 Å². The Morgan fingerprint density at radius 3 is 2.47 bits per heavy atom. The molecule has 0 atom stereocenters. The Bertz CT molecular complexity index is 583. The Labute approximate surface area is 113 Å². The summed E-state index contributed by atoms with van der Waals surface area (Å²) in [7, 11) is 0. The van der Waals surface area contributed by atoms with E-state index in [9.17, 15) is 22.0 Å². The molecule has 0 unspecified atom stereocenters. The minimum Gasteiger partial charge on any atom is -0.329 e. The number of halogens is 6. The van der Waals surface area contributed by atoms with E-state index in [1.165, 1.54) is 5.38 Å². The highest BCUT2D eigenvalue weighted by molar-refractivity contribution is 9.10. The van der Waals surface area contributed by atoms with Crippen LogP contribution in [0.4, 0.5) is 22.0 Å². The van der Waals surface area contributed by atoms with E-state index in [-0.39, 0.29) is 16.0 Å². The molecule has 5 nitrogen and oxygen atoms in total. The summed E-state index contributed by atoms with van der Waals surface area (Å²) in [5.74, 6) is -1.93. The van der Waals surface area contributed by atoms with Crippen molar-refractivity contribution in [2.45, 2.75) is 12.5 Å². The van der Waals surface area contributed by atoms with Gasteiger partial charge in [0.2, 0.25) is 5.82 Å². The largest absolute Gasteiger partial charge is 0.527 e. The van der Waals surface area contributed by atoms with E-state index in [2.05, 4.69) is 39.7 Å². The molecule has 0 aromatic carbocycles. The lowest BCUT2D eigenvalue weighted by molar-refractivity contribution is -0.437. The van der Waals surface area contributed by atoms with Crippen LogP contribution in [-0.4, -0.2) is 20.9 Å². The number of aromatic nitrogens is 3. The Hall–Kier alpha value is -1.14. The van der Waals surface area contributed by atoms with Gasteiger partial charge < -0.3 is 4.52 Å². The average Bonchev–Trinajstić information content (AvgIpc) is 2.81. The first-order valence-electron chi connectivity index (χ1n) is 4.28. The molecule has 104 valence electrons. The molecule has 0 amide bonds. The van der Waals surface area contributed by atoms with Gasteiger partial charge in [-0.15, -0.1) is 13.2 Å². The van der Waals surface area contributed by atoms with Gasteiger partial charge in [-0.2, -0.15) is 18.1 Å². The van der Waals surface area contributed by atoms with Gasteiger partial charge in [0.05, 0.1) is 5.56 Å². The molecule has 0 saturated carbocycles.